The first kappa shape index (κ1) is 5.34. The molecule has 0 saturated carbocycles. The van der Waals surface area contributed by atoms with Crippen LogP contribution in [0.3, 0.4) is 0 Å². The molecular weight excluding hydrogens is 129 g/mol. The molecule has 0 radical (unpaired) electrons. The van der Waals surface area contributed by atoms with Crippen LogP contribution in [0.2, 0.25) is 0 Å². The van der Waals surface area contributed by atoms with Crippen molar-refractivity contribution in [2.75, 3.05) is 0 Å². The molecule has 0 amide bonds. The molecule has 0 aliphatic heterocycles. The second-order valence-corrected chi connectivity index (χ2v) is 1.91. The van der Waals surface area contributed by atoms with E-state index in [2.05, 4.69) is 10.2 Å². The van der Waals surface area contributed by atoms with Crippen LogP contribution in [0.15, 0.2) is 12.4 Å². The fraction of sp³-hybridized carbons (Fsp3) is 0. The molecule has 8 heavy (non-hydrogen) atoms. The Morgan fingerprint density at radius 3 is 2.25 bits per heavy atom. The molecule has 1 aromatic heterocycles. The Labute approximate surface area is 45.9 Å². The fourth-order valence-corrected chi connectivity index (χ4v) is 0.593. The zero-order chi connectivity index (χ0) is 5.98. The number of hydrogen-bond acceptors (Lipinski definition) is 3. The molecule has 42 valence electrons. The monoisotopic (exact) mass is 132 g/mol. The number of nitrogens with zero attached hydrogens (tertiary/aromatic N) is 3. The van der Waals surface area contributed by atoms with Crippen LogP contribution < -0.4 is 0 Å². The Balaban J connectivity index is 2.93. The van der Waals surface area contributed by atoms with Crippen molar-refractivity contribution < 1.29 is 9.46 Å². The van der Waals surface area contributed by atoms with Crippen LogP contribution in [0, 0.1) is 0 Å². The van der Waals surface area contributed by atoms with Gasteiger partial charge in [-0.2, -0.15) is 0 Å². The van der Waals surface area contributed by atoms with Crippen LogP contribution in [0.4, 0.5) is 0 Å². The van der Waals surface area contributed by atoms with Gasteiger partial charge in [0.2, 0.25) is 0 Å². The molecule has 0 bridgehead atoms. The highest BCUT2D eigenvalue weighted by Gasteiger charge is 2.14. The van der Waals surface area contributed by atoms with Gasteiger partial charge in [0.25, 0.3) is 0 Å². The summed E-state index contributed by atoms with van der Waals surface area (Å²) in [7, 11) is -2.41. The van der Waals surface area contributed by atoms with Gasteiger partial charge in [-0.15, -0.1) is 15.1 Å². The van der Waals surface area contributed by atoms with Crippen LogP contribution in [0.5, 0.6) is 0 Å². The highest BCUT2D eigenvalue weighted by molar-refractivity contribution is 7.35. The first-order valence-corrected chi connectivity index (χ1v) is 3.00. The van der Waals surface area contributed by atoms with Crippen LogP contribution in [-0.4, -0.2) is 19.7 Å². The molecule has 1 N–H and O–H groups in total. The highest BCUT2D eigenvalue weighted by Crippen LogP contribution is 2.10. The Morgan fingerprint density at radius 1 is 1.50 bits per heavy atom. The van der Waals surface area contributed by atoms with Gasteiger partial charge in [-0.1, -0.05) is 0 Å². The predicted molar refractivity (Wildman–Crippen MR) is 25.2 cm³/mol. The van der Waals surface area contributed by atoms with E-state index in [4.69, 9.17) is 4.89 Å². The molecule has 1 heterocycles. The topological polar surface area (TPSA) is 68.0 Å². The molecule has 1 unspecified atom stereocenters. The van der Waals surface area contributed by atoms with Gasteiger partial charge in [0, 0.05) is 4.57 Å². The number of hydrogen-bond donors (Lipinski definition) is 1. The first-order chi connectivity index (χ1) is 3.80. The molecule has 0 aromatic carbocycles. The van der Waals surface area contributed by atoms with Gasteiger partial charge < -0.3 is 0 Å². The lowest BCUT2D eigenvalue weighted by atomic mass is 11.0. The van der Waals surface area contributed by atoms with E-state index >= 15 is 0 Å². The van der Waals surface area contributed by atoms with E-state index < -0.39 is 8.18 Å². The lowest BCUT2D eigenvalue weighted by Crippen LogP contribution is -1.88. The summed E-state index contributed by atoms with van der Waals surface area (Å²) in [6.07, 6.45) is 2.67. The maximum atomic E-state index is 10.0. The van der Waals surface area contributed by atoms with Crippen molar-refractivity contribution in [3.8, 4) is 0 Å². The lowest BCUT2D eigenvalue weighted by Gasteiger charge is -1.67. The largest absolute Gasteiger partial charge is 0.683 e. The molecule has 0 aliphatic carbocycles. The van der Waals surface area contributed by atoms with E-state index in [1.165, 1.54) is 12.4 Å². The highest BCUT2D eigenvalue weighted by atomic mass is 31.1. The summed E-state index contributed by atoms with van der Waals surface area (Å²) in [5.41, 5.74) is 0. The van der Waals surface area contributed by atoms with Crippen molar-refractivity contribution in [3.63, 3.8) is 0 Å². The van der Waals surface area contributed by atoms with Gasteiger partial charge in [-0.3, -0.25) is 0 Å². The van der Waals surface area contributed by atoms with Gasteiger partial charge in [0.15, 0.2) is 0 Å². The smallest absolute Gasteiger partial charge is 0.137 e. The van der Waals surface area contributed by atoms with Crippen molar-refractivity contribution in [1.82, 2.24) is 14.8 Å². The minimum atomic E-state index is -2.41. The Bertz CT molecular complexity index is 183. The molecule has 1 aromatic rings. The van der Waals surface area contributed by atoms with E-state index in [-0.39, 0.29) is 0 Å². The standard InChI is InChI=1S/C2H2N3O2P/c6-8(7)5-3-1-2-4-5/h1-2H/p+1. The maximum absolute atomic E-state index is 10.0. The Kier molecular flexibility index (Phi) is 1.32. The average molecular weight is 132 g/mol. The SMILES string of the molecule is O=[P+](O)n1nccn1. The van der Waals surface area contributed by atoms with Crippen molar-refractivity contribution in [3.05, 3.63) is 12.4 Å². The van der Waals surface area contributed by atoms with E-state index in [9.17, 15) is 4.57 Å². The zero-order valence-corrected chi connectivity index (χ0v) is 4.69. The third-order valence-electron chi connectivity index (χ3n) is 0.560. The minimum absolute atomic E-state index is 0.731. The quantitative estimate of drug-likeness (QED) is 0.536. The van der Waals surface area contributed by atoms with Gasteiger partial charge >= 0.3 is 8.18 Å². The predicted octanol–water partition coefficient (Wildman–Crippen LogP) is -0.224. The molecule has 0 saturated heterocycles. The van der Waals surface area contributed by atoms with Crippen molar-refractivity contribution in [2.24, 2.45) is 0 Å². The van der Waals surface area contributed by atoms with E-state index in [1.807, 2.05) is 0 Å². The number of rotatable bonds is 1. The molecule has 0 fully saturated rings. The first-order valence-electron chi connectivity index (χ1n) is 1.83. The molecule has 0 aliphatic rings. The van der Waals surface area contributed by atoms with E-state index in [1.54, 1.807) is 0 Å². The second-order valence-electron chi connectivity index (χ2n) is 1.05. The molecule has 6 heteroatoms. The van der Waals surface area contributed by atoms with Gasteiger partial charge in [0.1, 0.15) is 0 Å². The fourth-order valence-electron chi connectivity index (χ4n) is 0.297. The average Bonchev–Trinajstić information content (AvgIpc) is 2.12. The van der Waals surface area contributed by atoms with E-state index in [0.29, 0.717) is 0 Å². The van der Waals surface area contributed by atoms with Gasteiger partial charge in [-0.05, 0) is 0 Å². The summed E-state index contributed by atoms with van der Waals surface area (Å²) in [5.74, 6) is 0. The summed E-state index contributed by atoms with van der Waals surface area (Å²) in [4.78, 5) is 8.26. The summed E-state index contributed by atoms with van der Waals surface area (Å²) >= 11 is 0. The second kappa shape index (κ2) is 1.98. The third kappa shape index (κ3) is 0.882. The molecule has 1 rings (SSSR count). The van der Waals surface area contributed by atoms with E-state index in [0.717, 1.165) is 4.57 Å². The summed E-state index contributed by atoms with van der Waals surface area (Å²) in [5, 5.41) is 6.78. The van der Waals surface area contributed by atoms with Gasteiger partial charge in [-0.25, -0.2) is 0 Å². The maximum Gasteiger partial charge on any atom is 0.683 e. The normalized spacial score (nSPS) is 11.4. The Morgan fingerprint density at radius 2 is 2.00 bits per heavy atom. The summed E-state index contributed by atoms with van der Waals surface area (Å²) in [6.45, 7) is 0. The van der Waals surface area contributed by atoms with Crippen LogP contribution in [0.25, 0.3) is 0 Å². The summed E-state index contributed by atoms with van der Waals surface area (Å²) < 4.78 is 10.8. The molecule has 1 atom stereocenters. The number of aromatic nitrogens is 3. The van der Waals surface area contributed by atoms with Crippen LogP contribution in [-0.2, 0) is 4.57 Å². The molecule has 5 nitrogen and oxygen atoms in total. The van der Waals surface area contributed by atoms with Crippen LogP contribution in [0.1, 0.15) is 0 Å². The van der Waals surface area contributed by atoms with Crippen molar-refractivity contribution in [2.45, 2.75) is 0 Å². The van der Waals surface area contributed by atoms with Crippen molar-refractivity contribution >= 4 is 8.18 Å². The van der Waals surface area contributed by atoms with Crippen LogP contribution >= 0.6 is 8.18 Å². The zero-order valence-electron chi connectivity index (χ0n) is 3.80. The molecular formula is C2H3N3O2P+. The van der Waals surface area contributed by atoms with Crippen molar-refractivity contribution in [1.29, 1.82) is 0 Å². The lowest BCUT2D eigenvalue weighted by molar-refractivity contribution is 0.479. The summed E-state index contributed by atoms with van der Waals surface area (Å²) in [6, 6.07) is 0. The van der Waals surface area contributed by atoms with Gasteiger partial charge in [0.05, 0.1) is 17.0 Å². The Hall–Kier alpha value is -0.800. The third-order valence-corrected chi connectivity index (χ3v) is 1.07. The molecule has 0 spiro atoms. The minimum Gasteiger partial charge on any atom is -0.137 e.